The summed E-state index contributed by atoms with van der Waals surface area (Å²) in [6.45, 7) is 11.9. The van der Waals surface area contributed by atoms with Crippen LogP contribution in [-0.2, 0) is 4.79 Å². The first-order valence-corrected chi connectivity index (χ1v) is 11.6. The summed E-state index contributed by atoms with van der Waals surface area (Å²) in [5.41, 5.74) is 2.53. The van der Waals surface area contributed by atoms with Gasteiger partial charge in [-0.2, -0.15) is 0 Å². The van der Waals surface area contributed by atoms with Crippen LogP contribution in [0.25, 0.3) is 0 Å². The van der Waals surface area contributed by atoms with Gasteiger partial charge in [0.1, 0.15) is 5.75 Å². The Morgan fingerprint density at radius 2 is 1.79 bits per heavy atom. The lowest BCUT2D eigenvalue weighted by atomic mass is 10.0. The molecule has 1 N–H and O–H groups in total. The smallest absolute Gasteiger partial charge is 0.275 e. The van der Waals surface area contributed by atoms with Crippen molar-refractivity contribution in [2.45, 2.75) is 78.6 Å². The van der Waals surface area contributed by atoms with Crippen molar-refractivity contribution in [2.75, 3.05) is 40.3 Å². The number of rotatable bonds is 15. The van der Waals surface area contributed by atoms with E-state index in [9.17, 15) is 4.79 Å². The van der Waals surface area contributed by atoms with Gasteiger partial charge in [-0.25, -0.2) is 0 Å². The summed E-state index contributed by atoms with van der Waals surface area (Å²) >= 11 is 0. The molecule has 0 atom stereocenters. The van der Waals surface area contributed by atoms with Gasteiger partial charge in [0.2, 0.25) is 0 Å². The fourth-order valence-corrected chi connectivity index (χ4v) is 3.55. The van der Waals surface area contributed by atoms with E-state index in [1.165, 1.54) is 30.4 Å². The molecule has 4 nitrogen and oxygen atoms in total. The molecule has 166 valence electrons. The second kappa shape index (κ2) is 13.6. The van der Waals surface area contributed by atoms with Crippen molar-refractivity contribution in [3.63, 3.8) is 0 Å². The van der Waals surface area contributed by atoms with Crippen molar-refractivity contribution in [3.8, 4) is 5.75 Å². The van der Waals surface area contributed by atoms with E-state index in [1.54, 1.807) is 0 Å². The van der Waals surface area contributed by atoms with E-state index in [0.29, 0.717) is 12.5 Å². The monoisotopic (exact) mass is 405 g/mol. The summed E-state index contributed by atoms with van der Waals surface area (Å²) in [5, 5.41) is 3.07. The van der Waals surface area contributed by atoms with Crippen LogP contribution in [0.5, 0.6) is 5.75 Å². The van der Waals surface area contributed by atoms with Gasteiger partial charge in [0.05, 0.1) is 27.2 Å². The van der Waals surface area contributed by atoms with Gasteiger partial charge in [0, 0.05) is 6.54 Å². The number of ether oxygens (including phenoxy) is 1. The molecule has 0 unspecified atom stereocenters. The molecule has 0 bridgehead atoms. The molecule has 0 radical (unpaired) electrons. The van der Waals surface area contributed by atoms with Crippen LogP contribution in [0.15, 0.2) is 18.2 Å². The molecule has 0 aliphatic heterocycles. The highest BCUT2D eigenvalue weighted by atomic mass is 16.5. The third-order valence-corrected chi connectivity index (χ3v) is 5.38. The largest absolute Gasteiger partial charge is 0.493 e. The first-order chi connectivity index (χ1) is 13.7. The van der Waals surface area contributed by atoms with Gasteiger partial charge in [-0.3, -0.25) is 4.79 Å². The maximum atomic E-state index is 12.2. The van der Waals surface area contributed by atoms with Crippen molar-refractivity contribution in [3.05, 3.63) is 29.3 Å². The lowest BCUT2D eigenvalue weighted by Crippen LogP contribution is -2.48. The van der Waals surface area contributed by atoms with Gasteiger partial charge in [-0.05, 0) is 55.7 Å². The average Bonchev–Trinajstić information content (AvgIpc) is 2.63. The van der Waals surface area contributed by atoms with Crippen LogP contribution in [0.4, 0.5) is 0 Å². The summed E-state index contributed by atoms with van der Waals surface area (Å²) in [5.74, 6) is 1.68. The normalized spacial score (nSPS) is 11.7. The number of carbonyl (C=O) groups excluding carboxylic acids is 1. The van der Waals surface area contributed by atoms with Gasteiger partial charge in [-0.1, -0.05) is 52.2 Å². The van der Waals surface area contributed by atoms with Crippen molar-refractivity contribution >= 4 is 5.91 Å². The van der Waals surface area contributed by atoms with Crippen LogP contribution in [0.2, 0.25) is 0 Å². The minimum Gasteiger partial charge on any atom is -0.493 e. The van der Waals surface area contributed by atoms with Gasteiger partial charge in [0.15, 0.2) is 6.54 Å². The molecule has 0 saturated heterocycles. The molecule has 1 rings (SSSR count). The fraction of sp³-hybridized carbons (Fsp3) is 0.720. The van der Waals surface area contributed by atoms with Crippen molar-refractivity contribution in [1.29, 1.82) is 0 Å². The first kappa shape index (κ1) is 25.5. The highest BCUT2D eigenvalue weighted by Gasteiger charge is 2.19. The number of unbranched alkanes of at least 4 members (excludes halogenated alkanes) is 5. The molecule has 1 aromatic carbocycles. The summed E-state index contributed by atoms with van der Waals surface area (Å²) in [6, 6.07) is 6.49. The number of carbonyl (C=O) groups is 1. The molecule has 1 aromatic rings. The topological polar surface area (TPSA) is 38.3 Å². The number of benzene rings is 1. The Labute approximate surface area is 179 Å². The van der Waals surface area contributed by atoms with Crippen LogP contribution in [0.3, 0.4) is 0 Å². The molecule has 29 heavy (non-hydrogen) atoms. The molecule has 0 aromatic heterocycles. The van der Waals surface area contributed by atoms with Crippen molar-refractivity contribution in [2.24, 2.45) is 0 Å². The summed E-state index contributed by atoms with van der Waals surface area (Å²) in [7, 11) is 4.30. The van der Waals surface area contributed by atoms with E-state index in [-0.39, 0.29) is 5.91 Å². The SMILES string of the molecule is CCCCCCNC(=O)C[N+](C)(C)CCCCCOc1cc(C)ccc1C(C)C. The summed E-state index contributed by atoms with van der Waals surface area (Å²) in [6.07, 6.45) is 8.07. The van der Waals surface area contributed by atoms with E-state index < -0.39 is 0 Å². The lowest BCUT2D eigenvalue weighted by Gasteiger charge is -2.29. The third-order valence-electron chi connectivity index (χ3n) is 5.38. The van der Waals surface area contributed by atoms with E-state index in [4.69, 9.17) is 4.74 Å². The predicted octanol–water partition coefficient (Wildman–Crippen LogP) is 5.44. The molecule has 0 fully saturated rings. The standard InChI is InChI=1S/C25H44N2O2/c1-7-8-9-11-16-26-25(28)20-27(5,6)17-12-10-13-18-29-24-19-22(4)14-15-23(24)21(2)3/h14-15,19,21H,7-13,16-18,20H2,1-6H3/p+1. The van der Waals surface area contributed by atoms with E-state index in [0.717, 1.165) is 55.6 Å². The molecule has 0 aliphatic carbocycles. The number of nitrogens with one attached hydrogen (secondary N) is 1. The Morgan fingerprint density at radius 1 is 1.07 bits per heavy atom. The first-order valence-electron chi connectivity index (χ1n) is 11.6. The highest BCUT2D eigenvalue weighted by Crippen LogP contribution is 2.27. The molecular weight excluding hydrogens is 360 g/mol. The number of aryl methyl sites for hydroxylation is 1. The van der Waals surface area contributed by atoms with Gasteiger partial charge in [0.25, 0.3) is 5.91 Å². The number of quaternary nitrogens is 1. The molecule has 0 spiro atoms. The van der Waals surface area contributed by atoms with Crippen molar-refractivity contribution in [1.82, 2.24) is 5.32 Å². The Kier molecular flexibility index (Phi) is 12.0. The lowest BCUT2D eigenvalue weighted by molar-refractivity contribution is -0.882. The molecular formula is C25H45N2O2+. The van der Waals surface area contributed by atoms with Gasteiger partial charge >= 0.3 is 0 Å². The average molecular weight is 406 g/mol. The predicted molar refractivity (Wildman–Crippen MR) is 124 cm³/mol. The zero-order valence-corrected chi connectivity index (χ0v) is 19.9. The Hall–Kier alpha value is -1.55. The summed E-state index contributed by atoms with van der Waals surface area (Å²) < 4.78 is 6.83. The zero-order valence-electron chi connectivity index (χ0n) is 19.9. The zero-order chi connectivity index (χ0) is 21.7. The number of hydrogen-bond donors (Lipinski definition) is 1. The second-order valence-electron chi connectivity index (χ2n) is 9.33. The molecule has 0 aliphatic rings. The van der Waals surface area contributed by atoms with Crippen LogP contribution in [0, 0.1) is 6.92 Å². The van der Waals surface area contributed by atoms with Crippen LogP contribution in [-0.4, -0.2) is 50.7 Å². The Bertz CT molecular complexity index is 596. The fourth-order valence-electron chi connectivity index (χ4n) is 3.55. The maximum Gasteiger partial charge on any atom is 0.275 e. The Morgan fingerprint density at radius 3 is 2.48 bits per heavy atom. The third kappa shape index (κ3) is 11.3. The number of hydrogen-bond acceptors (Lipinski definition) is 2. The van der Waals surface area contributed by atoms with E-state index >= 15 is 0 Å². The minimum atomic E-state index is 0.176. The second-order valence-corrected chi connectivity index (χ2v) is 9.33. The molecule has 0 saturated carbocycles. The summed E-state index contributed by atoms with van der Waals surface area (Å²) in [4.78, 5) is 12.2. The van der Waals surface area contributed by atoms with Gasteiger partial charge in [-0.15, -0.1) is 0 Å². The number of amides is 1. The number of nitrogens with zero attached hydrogens (tertiary/aromatic N) is 1. The highest BCUT2D eigenvalue weighted by molar-refractivity contribution is 5.76. The van der Waals surface area contributed by atoms with E-state index in [2.05, 4.69) is 65.3 Å². The van der Waals surface area contributed by atoms with Gasteiger partial charge < -0.3 is 14.5 Å². The quantitative estimate of drug-likeness (QED) is 0.312. The Balaban J connectivity index is 2.22. The van der Waals surface area contributed by atoms with Crippen molar-refractivity contribution < 1.29 is 14.0 Å². The number of likely N-dealkylation sites (N-methyl/N-ethyl adjacent to an activating group) is 1. The molecule has 0 heterocycles. The van der Waals surface area contributed by atoms with Crippen LogP contribution >= 0.6 is 0 Å². The van der Waals surface area contributed by atoms with Crippen LogP contribution in [0.1, 0.15) is 82.8 Å². The van der Waals surface area contributed by atoms with Crippen LogP contribution < -0.4 is 10.1 Å². The maximum absolute atomic E-state index is 12.2. The minimum absolute atomic E-state index is 0.176. The van der Waals surface area contributed by atoms with E-state index in [1.807, 2.05) is 0 Å². The molecule has 1 amide bonds. The molecule has 4 heteroatoms.